The molecule has 1 N–H and O–H groups in total. The molecule has 0 aliphatic carbocycles. The first-order valence-electron chi connectivity index (χ1n) is 11.4. The van der Waals surface area contributed by atoms with Crippen LogP contribution in [0.15, 0.2) is 83.8 Å². The van der Waals surface area contributed by atoms with Gasteiger partial charge in [0.2, 0.25) is 0 Å². The molecule has 0 heterocycles. The third kappa shape index (κ3) is 6.84. The zero-order valence-corrected chi connectivity index (χ0v) is 20.7. The second-order valence-electron chi connectivity index (χ2n) is 8.26. The first-order valence-corrected chi connectivity index (χ1v) is 12.9. The van der Waals surface area contributed by atoms with Gasteiger partial charge in [-0.2, -0.15) is 0 Å². The molecule has 1 atom stereocenters. The van der Waals surface area contributed by atoms with E-state index in [9.17, 15) is 13.2 Å². The minimum Gasteiger partial charge on any atom is -0.484 e. The number of hydrogen-bond acceptors (Lipinski definition) is 4. The molecule has 180 valence electrons. The van der Waals surface area contributed by atoms with Crippen LogP contribution in [-0.2, 0) is 21.2 Å². The molecule has 3 rings (SSSR count). The van der Waals surface area contributed by atoms with E-state index >= 15 is 0 Å². The van der Waals surface area contributed by atoms with E-state index in [4.69, 9.17) is 4.74 Å². The zero-order chi connectivity index (χ0) is 24.6. The van der Waals surface area contributed by atoms with Crippen LogP contribution >= 0.6 is 0 Å². The lowest BCUT2D eigenvalue weighted by Crippen LogP contribution is -2.36. The molecular weight excluding hydrogens is 448 g/mol. The van der Waals surface area contributed by atoms with Crippen LogP contribution in [0, 0.1) is 6.92 Å². The molecule has 34 heavy (non-hydrogen) atoms. The highest BCUT2D eigenvalue weighted by molar-refractivity contribution is 7.92. The third-order valence-corrected chi connectivity index (χ3v) is 7.42. The van der Waals surface area contributed by atoms with Crippen LogP contribution in [0.5, 0.6) is 5.75 Å². The predicted molar refractivity (Wildman–Crippen MR) is 136 cm³/mol. The second kappa shape index (κ2) is 11.7. The van der Waals surface area contributed by atoms with Crippen molar-refractivity contribution < 1.29 is 17.9 Å². The second-order valence-corrected chi connectivity index (χ2v) is 10.1. The molecule has 0 bridgehead atoms. The number of anilines is 1. The largest absolute Gasteiger partial charge is 0.484 e. The standard InChI is InChI=1S/C27H32N2O4S/c1-4-29(34(31,32)26-18-10-21(2)11-19-26)24-14-16-25(17-15-24)33-20-27(30)28-22(3)12-13-23-8-6-5-7-9-23/h5-11,14-19,22H,4,12-13,20H2,1-3H3,(H,28,30)/t22-/m0/s1. The fraction of sp³-hybridized carbons (Fsp3) is 0.296. The molecule has 0 fully saturated rings. The fourth-order valence-electron chi connectivity index (χ4n) is 3.60. The third-order valence-electron chi connectivity index (χ3n) is 5.51. The van der Waals surface area contributed by atoms with E-state index in [1.807, 2.05) is 32.0 Å². The maximum Gasteiger partial charge on any atom is 0.264 e. The number of nitrogens with zero attached hydrogens (tertiary/aromatic N) is 1. The number of carbonyl (C=O) groups is 1. The Hall–Kier alpha value is -3.32. The normalized spacial score (nSPS) is 12.1. The van der Waals surface area contributed by atoms with Crippen molar-refractivity contribution in [1.82, 2.24) is 5.32 Å². The van der Waals surface area contributed by atoms with E-state index in [2.05, 4.69) is 17.4 Å². The average molecular weight is 481 g/mol. The number of hydrogen-bond donors (Lipinski definition) is 1. The van der Waals surface area contributed by atoms with Crippen LogP contribution in [0.3, 0.4) is 0 Å². The van der Waals surface area contributed by atoms with Gasteiger partial charge in [-0.15, -0.1) is 0 Å². The Balaban J connectivity index is 1.53. The van der Waals surface area contributed by atoms with E-state index in [-0.39, 0.29) is 23.5 Å². The first kappa shape index (κ1) is 25.3. The van der Waals surface area contributed by atoms with E-state index in [0.29, 0.717) is 18.0 Å². The maximum atomic E-state index is 13.1. The van der Waals surface area contributed by atoms with Crippen molar-refractivity contribution in [2.75, 3.05) is 17.5 Å². The van der Waals surface area contributed by atoms with Crippen molar-refractivity contribution in [3.63, 3.8) is 0 Å². The molecule has 0 saturated carbocycles. The van der Waals surface area contributed by atoms with Gasteiger partial charge in [0.1, 0.15) is 5.75 Å². The number of nitrogens with one attached hydrogen (secondary N) is 1. The summed E-state index contributed by atoms with van der Waals surface area (Å²) in [5.74, 6) is 0.307. The summed E-state index contributed by atoms with van der Waals surface area (Å²) in [5, 5.41) is 2.95. The summed E-state index contributed by atoms with van der Waals surface area (Å²) >= 11 is 0. The topological polar surface area (TPSA) is 75.7 Å². The molecular formula is C27H32N2O4S. The van der Waals surface area contributed by atoms with Gasteiger partial charge in [-0.25, -0.2) is 8.42 Å². The Bertz CT molecular complexity index is 1160. The lowest BCUT2D eigenvalue weighted by molar-refractivity contribution is -0.123. The summed E-state index contributed by atoms with van der Waals surface area (Å²) < 4.78 is 33.1. The van der Waals surface area contributed by atoms with Gasteiger partial charge in [-0.05, 0) is 75.6 Å². The van der Waals surface area contributed by atoms with Crippen LogP contribution in [-0.4, -0.2) is 33.5 Å². The van der Waals surface area contributed by atoms with Crippen LogP contribution in [0.2, 0.25) is 0 Å². The van der Waals surface area contributed by atoms with E-state index in [1.165, 1.54) is 9.87 Å². The molecule has 0 unspecified atom stereocenters. The number of rotatable bonds is 11. The van der Waals surface area contributed by atoms with Gasteiger partial charge in [0.15, 0.2) is 6.61 Å². The van der Waals surface area contributed by atoms with E-state index in [1.54, 1.807) is 55.5 Å². The highest BCUT2D eigenvalue weighted by Gasteiger charge is 2.23. The molecule has 3 aromatic carbocycles. The summed E-state index contributed by atoms with van der Waals surface area (Å²) in [6.45, 7) is 5.87. The molecule has 1 amide bonds. The Morgan fingerprint density at radius 3 is 2.24 bits per heavy atom. The van der Waals surface area contributed by atoms with E-state index < -0.39 is 10.0 Å². The Labute approximate surface area is 202 Å². The van der Waals surface area contributed by atoms with Gasteiger partial charge in [0, 0.05) is 12.6 Å². The fourth-order valence-corrected chi connectivity index (χ4v) is 5.08. The monoisotopic (exact) mass is 480 g/mol. The average Bonchev–Trinajstić information content (AvgIpc) is 2.83. The lowest BCUT2D eigenvalue weighted by Gasteiger charge is -2.23. The molecule has 6 nitrogen and oxygen atoms in total. The highest BCUT2D eigenvalue weighted by Crippen LogP contribution is 2.26. The molecule has 0 aliphatic heterocycles. The zero-order valence-electron chi connectivity index (χ0n) is 19.9. The SMILES string of the molecule is CCN(c1ccc(OCC(=O)N[C@@H](C)CCc2ccccc2)cc1)S(=O)(=O)c1ccc(C)cc1. The minimum absolute atomic E-state index is 0.0313. The van der Waals surface area contributed by atoms with Crippen molar-refractivity contribution in [2.45, 2.75) is 44.6 Å². The van der Waals surface area contributed by atoms with Crippen molar-refractivity contribution in [3.8, 4) is 5.75 Å². The highest BCUT2D eigenvalue weighted by atomic mass is 32.2. The molecule has 0 radical (unpaired) electrons. The quantitative estimate of drug-likeness (QED) is 0.431. The van der Waals surface area contributed by atoms with Gasteiger partial charge >= 0.3 is 0 Å². The number of benzene rings is 3. The number of ether oxygens (including phenoxy) is 1. The van der Waals surface area contributed by atoms with Gasteiger partial charge < -0.3 is 10.1 Å². The summed E-state index contributed by atoms with van der Waals surface area (Å²) in [5.41, 5.74) is 2.78. The Kier molecular flexibility index (Phi) is 8.71. The molecule has 3 aromatic rings. The first-order chi connectivity index (χ1) is 16.3. The maximum absolute atomic E-state index is 13.1. The van der Waals surface area contributed by atoms with Crippen molar-refractivity contribution in [2.24, 2.45) is 0 Å². The smallest absolute Gasteiger partial charge is 0.264 e. The summed E-state index contributed by atoms with van der Waals surface area (Å²) in [4.78, 5) is 12.5. The number of carbonyl (C=O) groups excluding carboxylic acids is 1. The van der Waals surface area contributed by atoms with E-state index in [0.717, 1.165) is 18.4 Å². The Morgan fingerprint density at radius 1 is 0.971 bits per heavy atom. The summed E-state index contributed by atoms with van der Waals surface area (Å²) in [7, 11) is -3.67. The summed E-state index contributed by atoms with van der Waals surface area (Å²) in [6, 6.07) is 23.7. The Morgan fingerprint density at radius 2 is 1.62 bits per heavy atom. The lowest BCUT2D eigenvalue weighted by atomic mass is 10.1. The van der Waals surface area contributed by atoms with Crippen LogP contribution in [0.1, 0.15) is 31.4 Å². The van der Waals surface area contributed by atoms with Gasteiger partial charge in [-0.1, -0.05) is 48.0 Å². The van der Waals surface area contributed by atoms with Gasteiger partial charge in [0.05, 0.1) is 10.6 Å². The van der Waals surface area contributed by atoms with Crippen molar-refractivity contribution in [3.05, 3.63) is 90.0 Å². The number of sulfonamides is 1. The predicted octanol–water partition coefficient (Wildman–Crippen LogP) is 4.73. The van der Waals surface area contributed by atoms with Crippen molar-refractivity contribution in [1.29, 1.82) is 0 Å². The molecule has 0 spiro atoms. The summed E-state index contributed by atoms with van der Waals surface area (Å²) in [6.07, 6.45) is 1.73. The number of amides is 1. The minimum atomic E-state index is -3.67. The molecule has 0 aliphatic rings. The number of aryl methyl sites for hydroxylation is 2. The van der Waals surface area contributed by atoms with Crippen LogP contribution in [0.25, 0.3) is 0 Å². The van der Waals surface area contributed by atoms with Crippen LogP contribution < -0.4 is 14.4 Å². The molecule has 0 saturated heterocycles. The van der Waals surface area contributed by atoms with Crippen LogP contribution in [0.4, 0.5) is 5.69 Å². The van der Waals surface area contributed by atoms with Crippen molar-refractivity contribution >= 4 is 21.6 Å². The molecule has 7 heteroatoms. The van der Waals surface area contributed by atoms with Gasteiger partial charge in [0.25, 0.3) is 15.9 Å². The molecule has 0 aromatic heterocycles. The van der Waals surface area contributed by atoms with Gasteiger partial charge in [-0.3, -0.25) is 9.10 Å².